The van der Waals surface area contributed by atoms with Crippen molar-refractivity contribution in [1.29, 1.82) is 0 Å². The lowest BCUT2D eigenvalue weighted by molar-refractivity contribution is -0.122. The standard InChI is InChI=1S/C20H22FNO2/c21-17-8-10-18(11-9-17)24-19-7-3-6-16(12-19)14-22-20(23)13-15-4-1-2-5-15/h3,6-12,15H,1-2,4-5,13-14H2,(H,22,23). The van der Waals surface area contributed by atoms with Crippen LogP contribution in [0.3, 0.4) is 0 Å². The summed E-state index contributed by atoms with van der Waals surface area (Å²) in [5.41, 5.74) is 0.981. The normalized spacial score (nSPS) is 14.5. The minimum atomic E-state index is -0.291. The minimum absolute atomic E-state index is 0.117. The molecule has 1 amide bonds. The molecular formula is C20H22FNO2. The molecule has 126 valence electrons. The summed E-state index contributed by atoms with van der Waals surface area (Å²) in [7, 11) is 0. The number of ether oxygens (including phenoxy) is 1. The molecule has 0 atom stereocenters. The van der Waals surface area contributed by atoms with Crippen molar-refractivity contribution in [3.8, 4) is 11.5 Å². The number of rotatable bonds is 6. The zero-order chi connectivity index (χ0) is 16.8. The molecule has 1 saturated carbocycles. The molecule has 2 aromatic carbocycles. The summed E-state index contributed by atoms with van der Waals surface area (Å²) in [6.45, 7) is 0.492. The van der Waals surface area contributed by atoms with Gasteiger partial charge in [-0.2, -0.15) is 0 Å². The Balaban J connectivity index is 1.52. The molecule has 0 unspecified atom stereocenters. The summed E-state index contributed by atoms with van der Waals surface area (Å²) in [4.78, 5) is 12.0. The molecule has 1 fully saturated rings. The van der Waals surface area contributed by atoms with E-state index in [1.165, 1.54) is 37.8 Å². The summed E-state index contributed by atoms with van der Waals surface area (Å²) in [5, 5.41) is 2.98. The molecule has 3 rings (SSSR count). The Morgan fingerprint density at radius 3 is 2.58 bits per heavy atom. The third-order valence-electron chi connectivity index (χ3n) is 4.39. The third-order valence-corrected chi connectivity index (χ3v) is 4.39. The third kappa shape index (κ3) is 4.82. The zero-order valence-corrected chi connectivity index (χ0v) is 13.6. The highest BCUT2D eigenvalue weighted by molar-refractivity contribution is 5.76. The van der Waals surface area contributed by atoms with Crippen LogP contribution in [0.2, 0.25) is 0 Å². The maximum atomic E-state index is 12.9. The molecule has 0 aliphatic heterocycles. The zero-order valence-electron chi connectivity index (χ0n) is 13.6. The Hall–Kier alpha value is -2.36. The lowest BCUT2D eigenvalue weighted by Crippen LogP contribution is -2.24. The fourth-order valence-corrected chi connectivity index (χ4v) is 3.11. The topological polar surface area (TPSA) is 38.3 Å². The number of nitrogens with one attached hydrogen (secondary N) is 1. The molecule has 0 spiro atoms. The van der Waals surface area contributed by atoms with Crippen LogP contribution in [0.1, 0.15) is 37.7 Å². The summed E-state index contributed by atoms with van der Waals surface area (Å²) < 4.78 is 18.6. The van der Waals surface area contributed by atoms with E-state index in [4.69, 9.17) is 4.74 Å². The number of carbonyl (C=O) groups excluding carboxylic acids is 1. The molecular weight excluding hydrogens is 305 g/mol. The van der Waals surface area contributed by atoms with E-state index in [-0.39, 0.29) is 11.7 Å². The molecule has 0 heterocycles. The van der Waals surface area contributed by atoms with E-state index >= 15 is 0 Å². The van der Waals surface area contributed by atoms with Crippen molar-refractivity contribution in [2.75, 3.05) is 0 Å². The molecule has 2 aromatic rings. The highest BCUT2D eigenvalue weighted by atomic mass is 19.1. The van der Waals surface area contributed by atoms with E-state index in [2.05, 4.69) is 5.32 Å². The Morgan fingerprint density at radius 1 is 1.08 bits per heavy atom. The first-order valence-electron chi connectivity index (χ1n) is 8.48. The van der Waals surface area contributed by atoms with Crippen LogP contribution in [0.5, 0.6) is 11.5 Å². The Kier molecular flexibility index (Phi) is 5.47. The highest BCUT2D eigenvalue weighted by Crippen LogP contribution is 2.27. The molecule has 3 nitrogen and oxygen atoms in total. The predicted molar refractivity (Wildman–Crippen MR) is 91.3 cm³/mol. The van der Waals surface area contributed by atoms with E-state index in [0.29, 0.717) is 30.4 Å². The van der Waals surface area contributed by atoms with Gasteiger partial charge in [-0.1, -0.05) is 25.0 Å². The van der Waals surface area contributed by atoms with Gasteiger partial charge in [0.1, 0.15) is 17.3 Å². The maximum absolute atomic E-state index is 12.9. The second-order valence-electron chi connectivity index (χ2n) is 6.33. The van der Waals surface area contributed by atoms with Crippen molar-refractivity contribution in [3.63, 3.8) is 0 Å². The molecule has 1 aliphatic rings. The second-order valence-corrected chi connectivity index (χ2v) is 6.33. The van der Waals surface area contributed by atoms with E-state index in [0.717, 1.165) is 5.56 Å². The van der Waals surface area contributed by atoms with E-state index in [9.17, 15) is 9.18 Å². The van der Waals surface area contributed by atoms with Gasteiger partial charge >= 0.3 is 0 Å². The van der Waals surface area contributed by atoms with Gasteiger partial charge in [0.15, 0.2) is 0 Å². The molecule has 0 aromatic heterocycles. The predicted octanol–water partition coefficient (Wildman–Crippen LogP) is 4.81. The van der Waals surface area contributed by atoms with Crippen LogP contribution in [0.15, 0.2) is 48.5 Å². The van der Waals surface area contributed by atoms with Crippen molar-refractivity contribution >= 4 is 5.91 Å². The monoisotopic (exact) mass is 327 g/mol. The van der Waals surface area contributed by atoms with Crippen LogP contribution in [0.25, 0.3) is 0 Å². The van der Waals surface area contributed by atoms with Gasteiger partial charge in [0.25, 0.3) is 0 Å². The first kappa shape index (κ1) is 16.5. The molecule has 0 bridgehead atoms. The van der Waals surface area contributed by atoms with Gasteiger partial charge in [-0.05, 0) is 60.7 Å². The van der Waals surface area contributed by atoms with E-state index < -0.39 is 0 Å². The van der Waals surface area contributed by atoms with Gasteiger partial charge in [0, 0.05) is 13.0 Å². The van der Waals surface area contributed by atoms with Gasteiger partial charge in [0.05, 0.1) is 0 Å². The van der Waals surface area contributed by atoms with Crippen LogP contribution >= 0.6 is 0 Å². The summed E-state index contributed by atoms with van der Waals surface area (Å²) in [6.07, 6.45) is 5.48. The van der Waals surface area contributed by atoms with Crippen molar-refractivity contribution in [1.82, 2.24) is 5.32 Å². The van der Waals surface area contributed by atoms with Crippen molar-refractivity contribution in [2.24, 2.45) is 5.92 Å². The molecule has 1 N–H and O–H groups in total. The number of amides is 1. The molecule has 24 heavy (non-hydrogen) atoms. The van der Waals surface area contributed by atoms with Crippen molar-refractivity contribution in [2.45, 2.75) is 38.6 Å². The Morgan fingerprint density at radius 2 is 1.83 bits per heavy atom. The van der Waals surface area contributed by atoms with Crippen LogP contribution in [0, 0.1) is 11.7 Å². The SMILES string of the molecule is O=C(CC1CCCC1)NCc1cccc(Oc2ccc(F)cc2)c1. The smallest absolute Gasteiger partial charge is 0.220 e. The van der Waals surface area contributed by atoms with Crippen LogP contribution < -0.4 is 10.1 Å². The number of carbonyl (C=O) groups is 1. The largest absolute Gasteiger partial charge is 0.457 e. The number of benzene rings is 2. The van der Waals surface area contributed by atoms with Gasteiger partial charge < -0.3 is 10.1 Å². The first-order chi connectivity index (χ1) is 11.7. The van der Waals surface area contributed by atoms with Crippen LogP contribution in [0.4, 0.5) is 4.39 Å². The van der Waals surface area contributed by atoms with Gasteiger partial charge in [0.2, 0.25) is 5.91 Å². The summed E-state index contributed by atoms with van der Waals surface area (Å²) in [5.74, 6) is 1.63. The lowest BCUT2D eigenvalue weighted by Gasteiger charge is -2.11. The average Bonchev–Trinajstić information content (AvgIpc) is 3.08. The molecule has 1 aliphatic carbocycles. The fourth-order valence-electron chi connectivity index (χ4n) is 3.11. The van der Waals surface area contributed by atoms with Gasteiger partial charge in [-0.25, -0.2) is 4.39 Å². The highest BCUT2D eigenvalue weighted by Gasteiger charge is 2.18. The maximum Gasteiger partial charge on any atom is 0.220 e. The molecule has 4 heteroatoms. The van der Waals surface area contributed by atoms with Gasteiger partial charge in [-0.15, -0.1) is 0 Å². The first-order valence-corrected chi connectivity index (χ1v) is 8.48. The Labute approximate surface area is 141 Å². The molecule has 0 saturated heterocycles. The van der Waals surface area contributed by atoms with Crippen molar-refractivity contribution in [3.05, 3.63) is 59.9 Å². The Bertz CT molecular complexity index is 678. The second kappa shape index (κ2) is 7.95. The van der Waals surface area contributed by atoms with Crippen LogP contribution in [-0.2, 0) is 11.3 Å². The number of halogens is 1. The quantitative estimate of drug-likeness (QED) is 0.826. The fraction of sp³-hybridized carbons (Fsp3) is 0.350. The number of hydrogen-bond acceptors (Lipinski definition) is 2. The lowest BCUT2D eigenvalue weighted by atomic mass is 10.0. The van der Waals surface area contributed by atoms with E-state index in [1.807, 2.05) is 24.3 Å². The molecule has 0 radical (unpaired) electrons. The van der Waals surface area contributed by atoms with Gasteiger partial charge in [-0.3, -0.25) is 4.79 Å². The number of hydrogen-bond donors (Lipinski definition) is 1. The van der Waals surface area contributed by atoms with E-state index in [1.54, 1.807) is 12.1 Å². The summed E-state index contributed by atoms with van der Waals surface area (Å²) >= 11 is 0. The van der Waals surface area contributed by atoms with Crippen molar-refractivity contribution < 1.29 is 13.9 Å². The summed E-state index contributed by atoms with van der Waals surface area (Å²) in [6, 6.07) is 13.5. The van der Waals surface area contributed by atoms with Crippen LogP contribution in [-0.4, -0.2) is 5.91 Å². The minimum Gasteiger partial charge on any atom is -0.457 e. The average molecular weight is 327 g/mol.